The smallest absolute Gasteiger partial charge is 0.231 e. The topological polar surface area (TPSA) is 61.3 Å². The third-order valence-corrected chi connectivity index (χ3v) is 3.54. The number of fused-ring (bicyclic) bond motifs is 1. The first-order valence-corrected chi connectivity index (χ1v) is 6.54. The highest BCUT2D eigenvalue weighted by atomic mass is 35.5. The molecule has 0 spiro atoms. The molecule has 0 atom stereocenters. The first-order chi connectivity index (χ1) is 9.60. The van der Waals surface area contributed by atoms with Gasteiger partial charge in [-0.15, -0.1) is 0 Å². The molecule has 0 aliphatic rings. The molecule has 3 rings (SSSR count). The Bertz CT molecular complexity index is 799. The number of hydrogen-bond acceptors (Lipinski definition) is 4. The van der Waals surface area contributed by atoms with Gasteiger partial charge in [0.2, 0.25) is 5.89 Å². The van der Waals surface area contributed by atoms with Crippen LogP contribution < -0.4 is 10.5 Å². The van der Waals surface area contributed by atoms with E-state index in [1.165, 1.54) is 0 Å². The summed E-state index contributed by atoms with van der Waals surface area (Å²) < 4.78 is 11.0. The van der Waals surface area contributed by atoms with Gasteiger partial charge in [0, 0.05) is 6.07 Å². The van der Waals surface area contributed by atoms with Crippen molar-refractivity contribution in [1.82, 2.24) is 4.98 Å². The van der Waals surface area contributed by atoms with Crippen molar-refractivity contribution in [2.45, 2.75) is 0 Å². The van der Waals surface area contributed by atoms with Crippen LogP contribution in [0.4, 0.5) is 5.69 Å². The van der Waals surface area contributed by atoms with Crippen molar-refractivity contribution >= 4 is 40.0 Å². The van der Waals surface area contributed by atoms with E-state index in [-0.39, 0.29) is 0 Å². The second-order valence-corrected chi connectivity index (χ2v) is 5.00. The van der Waals surface area contributed by atoms with E-state index in [2.05, 4.69) is 4.98 Å². The molecular weight excluding hydrogens is 299 g/mol. The van der Waals surface area contributed by atoms with E-state index < -0.39 is 0 Å². The fourth-order valence-electron chi connectivity index (χ4n) is 1.94. The Balaban J connectivity index is 2.25. The number of nitrogen functional groups attached to an aromatic ring is 1. The Morgan fingerprint density at radius 3 is 2.70 bits per heavy atom. The molecule has 1 heterocycles. The molecule has 0 amide bonds. The molecule has 0 bridgehead atoms. The number of nitrogens with zero attached hydrogens (tertiary/aromatic N) is 1. The van der Waals surface area contributed by atoms with E-state index in [0.29, 0.717) is 44.0 Å². The Labute approximate surface area is 125 Å². The van der Waals surface area contributed by atoms with E-state index in [1.807, 2.05) is 12.1 Å². The van der Waals surface area contributed by atoms with Gasteiger partial charge in [0.25, 0.3) is 0 Å². The zero-order valence-electron chi connectivity index (χ0n) is 10.5. The third kappa shape index (κ3) is 2.07. The summed E-state index contributed by atoms with van der Waals surface area (Å²) in [6, 6.07) is 8.66. The fourth-order valence-corrected chi connectivity index (χ4v) is 2.31. The number of methoxy groups -OCH3 is 1. The first kappa shape index (κ1) is 13.1. The maximum absolute atomic E-state index is 6.08. The number of benzene rings is 2. The summed E-state index contributed by atoms with van der Waals surface area (Å²) >= 11 is 12.1. The molecule has 0 fully saturated rings. The SMILES string of the molecule is COc1cc(N)c(Cl)cc1-c1nc2cccc(Cl)c2o1. The third-order valence-electron chi connectivity index (χ3n) is 2.92. The molecule has 0 aliphatic carbocycles. The average Bonchev–Trinajstić information content (AvgIpc) is 2.86. The molecule has 102 valence electrons. The Hall–Kier alpha value is -1.91. The van der Waals surface area contributed by atoms with Crippen molar-refractivity contribution in [3.05, 3.63) is 40.4 Å². The van der Waals surface area contributed by atoms with Crippen molar-refractivity contribution in [2.75, 3.05) is 12.8 Å². The highest BCUT2D eigenvalue weighted by Crippen LogP contribution is 2.37. The number of anilines is 1. The molecule has 6 heteroatoms. The monoisotopic (exact) mass is 308 g/mol. The fraction of sp³-hybridized carbons (Fsp3) is 0.0714. The number of oxazole rings is 1. The van der Waals surface area contributed by atoms with Gasteiger partial charge >= 0.3 is 0 Å². The highest BCUT2D eigenvalue weighted by Gasteiger charge is 2.16. The van der Waals surface area contributed by atoms with Crippen LogP contribution in [0.1, 0.15) is 0 Å². The summed E-state index contributed by atoms with van der Waals surface area (Å²) in [5, 5.41) is 0.913. The van der Waals surface area contributed by atoms with Gasteiger partial charge in [-0.25, -0.2) is 4.98 Å². The lowest BCUT2D eigenvalue weighted by atomic mass is 10.2. The highest BCUT2D eigenvalue weighted by molar-refractivity contribution is 6.34. The van der Waals surface area contributed by atoms with Gasteiger partial charge in [-0.2, -0.15) is 0 Å². The maximum Gasteiger partial charge on any atom is 0.231 e. The summed E-state index contributed by atoms with van der Waals surface area (Å²) in [4.78, 5) is 4.39. The molecule has 2 aromatic carbocycles. The molecule has 1 aromatic heterocycles. The second kappa shape index (κ2) is 4.89. The lowest BCUT2D eigenvalue weighted by Crippen LogP contribution is -1.93. The van der Waals surface area contributed by atoms with E-state index in [0.717, 1.165) is 0 Å². The molecular formula is C14H10Cl2N2O2. The lowest BCUT2D eigenvalue weighted by Gasteiger charge is -2.07. The number of rotatable bonds is 2. The van der Waals surface area contributed by atoms with Crippen molar-refractivity contribution in [2.24, 2.45) is 0 Å². The predicted octanol–water partition coefficient (Wildman–Crippen LogP) is 4.39. The van der Waals surface area contributed by atoms with E-state index in [4.69, 9.17) is 38.1 Å². The van der Waals surface area contributed by atoms with Gasteiger partial charge in [-0.1, -0.05) is 29.3 Å². The molecule has 3 aromatic rings. The summed E-state index contributed by atoms with van der Waals surface area (Å²) in [5.41, 5.74) is 8.01. The quantitative estimate of drug-likeness (QED) is 0.713. The molecule has 0 unspecified atom stereocenters. The molecule has 0 saturated carbocycles. The van der Waals surface area contributed by atoms with Gasteiger partial charge < -0.3 is 14.9 Å². The van der Waals surface area contributed by atoms with Crippen molar-refractivity contribution in [3.8, 4) is 17.2 Å². The lowest BCUT2D eigenvalue weighted by molar-refractivity contribution is 0.415. The number of hydrogen-bond donors (Lipinski definition) is 1. The van der Waals surface area contributed by atoms with Crippen LogP contribution in [0.15, 0.2) is 34.7 Å². The molecule has 2 N–H and O–H groups in total. The molecule has 0 saturated heterocycles. The standard InChI is InChI=1S/C14H10Cl2N2O2/c1-19-12-6-10(17)9(16)5-7(12)14-18-11-4-2-3-8(15)13(11)20-14/h2-6H,17H2,1H3. The van der Waals surface area contributed by atoms with Crippen LogP contribution in [-0.4, -0.2) is 12.1 Å². The average molecular weight is 309 g/mol. The summed E-state index contributed by atoms with van der Waals surface area (Å²) in [5.74, 6) is 0.918. The normalized spacial score (nSPS) is 10.9. The van der Waals surface area contributed by atoms with E-state index in [9.17, 15) is 0 Å². The summed E-state index contributed by atoms with van der Waals surface area (Å²) in [6.45, 7) is 0. The van der Waals surface area contributed by atoms with Gasteiger partial charge in [-0.05, 0) is 18.2 Å². The maximum atomic E-state index is 6.08. The largest absolute Gasteiger partial charge is 0.496 e. The minimum absolute atomic E-state index is 0.381. The second-order valence-electron chi connectivity index (χ2n) is 4.18. The predicted molar refractivity (Wildman–Crippen MR) is 80.4 cm³/mol. The zero-order chi connectivity index (χ0) is 14.3. The minimum atomic E-state index is 0.381. The van der Waals surface area contributed by atoms with E-state index >= 15 is 0 Å². The molecule has 0 aliphatic heterocycles. The summed E-state index contributed by atoms with van der Waals surface area (Å²) in [6.07, 6.45) is 0. The van der Waals surface area contributed by atoms with Gasteiger partial charge in [-0.3, -0.25) is 0 Å². The number of halogens is 2. The Morgan fingerprint density at radius 1 is 1.20 bits per heavy atom. The number of nitrogens with two attached hydrogens (primary N) is 1. The van der Waals surface area contributed by atoms with Crippen LogP contribution in [-0.2, 0) is 0 Å². The number of aromatic nitrogens is 1. The van der Waals surface area contributed by atoms with Crippen LogP contribution >= 0.6 is 23.2 Å². The first-order valence-electron chi connectivity index (χ1n) is 5.78. The van der Waals surface area contributed by atoms with Crippen molar-refractivity contribution in [1.29, 1.82) is 0 Å². The van der Waals surface area contributed by atoms with Crippen molar-refractivity contribution < 1.29 is 9.15 Å². The van der Waals surface area contributed by atoms with Crippen LogP contribution in [0.2, 0.25) is 10.0 Å². The van der Waals surface area contributed by atoms with Gasteiger partial charge in [0.05, 0.1) is 28.4 Å². The van der Waals surface area contributed by atoms with Gasteiger partial charge in [0.1, 0.15) is 11.3 Å². The molecule has 0 radical (unpaired) electrons. The number of ether oxygens (including phenoxy) is 1. The number of para-hydroxylation sites is 1. The minimum Gasteiger partial charge on any atom is -0.496 e. The van der Waals surface area contributed by atoms with Crippen molar-refractivity contribution in [3.63, 3.8) is 0 Å². The Morgan fingerprint density at radius 2 is 2.00 bits per heavy atom. The van der Waals surface area contributed by atoms with Crippen LogP contribution in [0.5, 0.6) is 5.75 Å². The molecule has 4 nitrogen and oxygen atoms in total. The zero-order valence-corrected chi connectivity index (χ0v) is 12.0. The van der Waals surface area contributed by atoms with Crippen LogP contribution in [0, 0.1) is 0 Å². The van der Waals surface area contributed by atoms with Gasteiger partial charge in [0.15, 0.2) is 5.58 Å². The summed E-state index contributed by atoms with van der Waals surface area (Å²) in [7, 11) is 1.54. The van der Waals surface area contributed by atoms with Crippen LogP contribution in [0.3, 0.4) is 0 Å². The van der Waals surface area contributed by atoms with E-state index in [1.54, 1.807) is 25.3 Å². The Kier molecular flexibility index (Phi) is 3.20. The molecule has 20 heavy (non-hydrogen) atoms. The van der Waals surface area contributed by atoms with Crippen LogP contribution in [0.25, 0.3) is 22.6 Å².